The van der Waals surface area contributed by atoms with E-state index in [2.05, 4.69) is 5.32 Å². The number of hydrogen-bond donors (Lipinski definition) is 2. The van der Waals surface area contributed by atoms with Crippen LogP contribution < -0.4 is 5.32 Å². The molecule has 2 N–H and O–H groups in total. The summed E-state index contributed by atoms with van der Waals surface area (Å²) in [5, 5.41) is 18.5. The summed E-state index contributed by atoms with van der Waals surface area (Å²) in [5.41, 5.74) is 0. The van der Waals surface area contributed by atoms with Crippen LogP contribution in [0.5, 0.6) is 0 Å². The van der Waals surface area contributed by atoms with Crippen LogP contribution in [0.2, 0.25) is 0 Å². The second-order valence-corrected chi connectivity index (χ2v) is 2.25. The lowest BCUT2D eigenvalue weighted by Crippen LogP contribution is -2.39. The summed E-state index contributed by atoms with van der Waals surface area (Å²) in [6, 6.07) is 1.12. The van der Waals surface area contributed by atoms with E-state index in [1.165, 1.54) is 6.92 Å². The molecule has 5 heteroatoms. The molecule has 0 rings (SSSR count). The van der Waals surface area contributed by atoms with E-state index in [9.17, 15) is 8.78 Å². The molecule has 0 saturated heterocycles. The minimum atomic E-state index is -3.13. The third-order valence-electron chi connectivity index (χ3n) is 1.09. The summed E-state index contributed by atoms with van der Waals surface area (Å²) in [6.07, 6.45) is 0. The fourth-order valence-electron chi connectivity index (χ4n) is 0.404. The van der Waals surface area contributed by atoms with Gasteiger partial charge in [0, 0.05) is 0 Å². The van der Waals surface area contributed by atoms with Gasteiger partial charge in [-0.3, -0.25) is 5.32 Å². The number of nitriles is 1. The first-order valence-corrected chi connectivity index (χ1v) is 3.13. The van der Waals surface area contributed by atoms with Gasteiger partial charge in [-0.05, 0) is 6.92 Å². The Kier molecular flexibility index (Phi) is 3.93. The number of halogens is 2. The van der Waals surface area contributed by atoms with E-state index < -0.39 is 25.1 Å². The number of rotatable bonds is 4. The van der Waals surface area contributed by atoms with Crippen molar-refractivity contribution < 1.29 is 13.9 Å². The van der Waals surface area contributed by atoms with E-state index in [-0.39, 0.29) is 0 Å². The Labute approximate surface area is 63.6 Å². The lowest BCUT2D eigenvalue weighted by Gasteiger charge is -2.14. The van der Waals surface area contributed by atoms with Crippen molar-refractivity contribution >= 4 is 0 Å². The normalized spacial score (nSPS) is 14.1. The van der Waals surface area contributed by atoms with Gasteiger partial charge in [-0.2, -0.15) is 5.26 Å². The lowest BCUT2D eigenvalue weighted by atomic mass is 10.3. The Morgan fingerprint density at radius 3 is 2.64 bits per heavy atom. The predicted molar refractivity (Wildman–Crippen MR) is 35.1 cm³/mol. The quantitative estimate of drug-likeness (QED) is 0.620. The number of nitrogens with one attached hydrogen (secondary N) is 1. The number of aliphatic hydroxyl groups is 1. The van der Waals surface area contributed by atoms with Crippen LogP contribution in [-0.2, 0) is 0 Å². The van der Waals surface area contributed by atoms with Crippen molar-refractivity contribution in [1.82, 2.24) is 5.32 Å². The van der Waals surface area contributed by atoms with Crippen LogP contribution in [0.15, 0.2) is 0 Å². The van der Waals surface area contributed by atoms with Crippen molar-refractivity contribution in [1.29, 1.82) is 5.26 Å². The molecule has 0 amide bonds. The summed E-state index contributed by atoms with van der Waals surface area (Å²) < 4.78 is 24.5. The zero-order valence-corrected chi connectivity index (χ0v) is 6.14. The van der Waals surface area contributed by atoms with Gasteiger partial charge in [0.15, 0.2) is 0 Å². The van der Waals surface area contributed by atoms with Crippen LogP contribution in [0.4, 0.5) is 8.78 Å². The maximum Gasteiger partial charge on any atom is 0.282 e. The van der Waals surface area contributed by atoms with E-state index in [0.717, 1.165) is 0 Å². The monoisotopic (exact) mass is 164 g/mol. The number of hydrogen-bond acceptors (Lipinski definition) is 3. The maximum atomic E-state index is 12.2. The van der Waals surface area contributed by atoms with Gasteiger partial charge in [0.1, 0.15) is 6.61 Å². The first-order chi connectivity index (χ1) is 5.02. The fourth-order valence-corrected chi connectivity index (χ4v) is 0.404. The highest BCUT2D eigenvalue weighted by atomic mass is 19.3. The molecule has 0 aromatic heterocycles. The zero-order valence-electron chi connectivity index (χ0n) is 6.14. The molecule has 64 valence electrons. The number of nitrogens with zero attached hydrogens (tertiary/aromatic N) is 1. The molecule has 0 aliphatic carbocycles. The Morgan fingerprint density at radius 1 is 1.73 bits per heavy atom. The molecule has 0 heterocycles. The third-order valence-corrected chi connectivity index (χ3v) is 1.09. The van der Waals surface area contributed by atoms with E-state index in [1.807, 2.05) is 0 Å². The summed E-state index contributed by atoms with van der Waals surface area (Å²) in [4.78, 5) is 0. The van der Waals surface area contributed by atoms with Gasteiger partial charge in [0.2, 0.25) is 0 Å². The van der Waals surface area contributed by atoms with Crippen molar-refractivity contribution in [3.05, 3.63) is 0 Å². The lowest BCUT2D eigenvalue weighted by molar-refractivity contribution is -0.0481. The van der Waals surface area contributed by atoms with E-state index in [4.69, 9.17) is 10.4 Å². The second-order valence-electron chi connectivity index (χ2n) is 2.25. The molecule has 0 bridgehead atoms. The average molecular weight is 164 g/mol. The predicted octanol–water partition coefficient (Wildman–Crippen LogP) is 0.116. The molecular weight excluding hydrogens is 154 g/mol. The van der Waals surface area contributed by atoms with Crippen LogP contribution >= 0.6 is 0 Å². The average Bonchev–Trinajstić information content (AvgIpc) is 2.00. The van der Waals surface area contributed by atoms with Gasteiger partial charge in [-0.25, -0.2) is 8.78 Å². The molecule has 0 aromatic rings. The summed E-state index contributed by atoms with van der Waals surface area (Å²) in [7, 11) is 0. The highest BCUT2D eigenvalue weighted by Gasteiger charge is 2.27. The Balaban J connectivity index is 3.63. The van der Waals surface area contributed by atoms with Crippen LogP contribution in [0.3, 0.4) is 0 Å². The molecular formula is C6H10F2N2O. The van der Waals surface area contributed by atoms with Crippen molar-refractivity contribution in [3.8, 4) is 6.07 Å². The standard InChI is InChI=1S/C6H10F2N2O/c1-5(2-9)10-3-6(7,8)4-11/h5,10-11H,3-4H2,1H3. The van der Waals surface area contributed by atoms with Crippen molar-refractivity contribution in [2.24, 2.45) is 0 Å². The first-order valence-electron chi connectivity index (χ1n) is 3.13. The smallest absolute Gasteiger partial charge is 0.282 e. The molecule has 0 radical (unpaired) electrons. The Morgan fingerprint density at radius 2 is 2.27 bits per heavy atom. The first kappa shape index (κ1) is 10.3. The SMILES string of the molecule is CC(C#N)NCC(F)(F)CO. The van der Waals surface area contributed by atoms with Gasteiger partial charge in [0.05, 0.1) is 18.7 Å². The topological polar surface area (TPSA) is 56.0 Å². The Bertz CT molecular complexity index is 155. The maximum absolute atomic E-state index is 12.2. The second kappa shape index (κ2) is 4.21. The van der Waals surface area contributed by atoms with E-state index >= 15 is 0 Å². The molecule has 11 heavy (non-hydrogen) atoms. The molecule has 0 spiro atoms. The summed E-state index contributed by atoms with van der Waals surface area (Å²) in [6.45, 7) is -0.399. The van der Waals surface area contributed by atoms with E-state index in [0.29, 0.717) is 0 Å². The molecule has 1 unspecified atom stereocenters. The Hall–Kier alpha value is -0.730. The van der Waals surface area contributed by atoms with Crippen molar-refractivity contribution in [2.45, 2.75) is 18.9 Å². The molecule has 0 aliphatic rings. The zero-order chi connectivity index (χ0) is 8.91. The molecule has 3 nitrogen and oxygen atoms in total. The molecule has 0 saturated carbocycles. The third kappa shape index (κ3) is 4.65. The molecule has 0 aliphatic heterocycles. The highest BCUT2D eigenvalue weighted by Crippen LogP contribution is 2.09. The van der Waals surface area contributed by atoms with Gasteiger partial charge in [0.25, 0.3) is 5.92 Å². The molecule has 0 aromatic carbocycles. The van der Waals surface area contributed by atoms with E-state index in [1.54, 1.807) is 6.07 Å². The summed E-state index contributed by atoms with van der Waals surface area (Å²) in [5.74, 6) is -3.13. The molecule has 1 atom stereocenters. The number of aliphatic hydroxyl groups excluding tert-OH is 1. The largest absolute Gasteiger partial charge is 0.390 e. The minimum Gasteiger partial charge on any atom is -0.390 e. The van der Waals surface area contributed by atoms with Gasteiger partial charge >= 0.3 is 0 Å². The fraction of sp³-hybridized carbons (Fsp3) is 0.833. The van der Waals surface area contributed by atoms with Crippen LogP contribution in [0.1, 0.15) is 6.92 Å². The van der Waals surface area contributed by atoms with Crippen LogP contribution in [-0.4, -0.2) is 30.2 Å². The van der Waals surface area contributed by atoms with Crippen LogP contribution in [0.25, 0.3) is 0 Å². The molecule has 0 fully saturated rings. The highest BCUT2D eigenvalue weighted by molar-refractivity contribution is 4.86. The number of alkyl halides is 2. The van der Waals surface area contributed by atoms with Crippen molar-refractivity contribution in [2.75, 3.05) is 13.2 Å². The van der Waals surface area contributed by atoms with Gasteiger partial charge in [-0.1, -0.05) is 0 Å². The van der Waals surface area contributed by atoms with Crippen LogP contribution in [0, 0.1) is 11.3 Å². The minimum absolute atomic E-state index is 0.618. The van der Waals surface area contributed by atoms with Gasteiger partial charge in [-0.15, -0.1) is 0 Å². The summed E-state index contributed by atoms with van der Waals surface area (Å²) >= 11 is 0. The van der Waals surface area contributed by atoms with Crippen molar-refractivity contribution in [3.63, 3.8) is 0 Å². The van der Waals surface area contributed by atoms with Gasteiger partial charge < -0.3 is 5.11 Å².